The normalized spacial score (nSPS) is 32.1. The molecule has 1 amide bonds. The first-order chi connectivity index (χ1) is 6.62. The van der Waals surface area contributed by atoms with Gasteiger partial charge in [0.15, 0.2) is 0 Å². The van der Waals surface area contributed by atoms with E-state index in [1.807, 2.05) is 6.07 Å². The highest BCUT2D eigenvalue weighted by molar-refractivity contribution is 5.71. The molecule has 2 rings (SSSR count). The molecule has 1 aliphatic heterocycles. The second kappa shape index (κ2) is 3.15. The van der Waals surface area contributed by atoms with Crippen LogP contribution < -0.4 is 0 Å². The number of aromatic nitrogens is 1. The van der Waals surface area contributed by atoms with Gasteiger partial charge in [0.05, 0.1) is 13.5 Å². The summed E-state index contributed by atoms with van der Waals surface area (Å²) in [5.41, 5.74) is 0.857. The number of carbonyl (C=O) groups is 1. The second-order valence-corrected chi connectivity index (χ2v) is 3.72. The van der Waals surface area contributed by atoms with E-state index in [2.05, 4.69) is 4.98 Å². The Morgan fingerprint density at radius 2 is 2.43 bits per heavy atom. The van der Waals surface area contributed by atoms with Gasteiger partial charge < -0.3 is 5.21 Å². The molecule has 0 aliphatic carbocycles. The van der Waals surface area contributed by atoms with E-state index in [4.69, 9.17) is 0 Å². The van der Waals surface area contributed by atoms with Crippen LogP contribution in [-0.2, 0) is 4.79 Å². The zero-order valence-electron chi connectivity index (χ0n) is 8.01. The lowest BCUT2D eigenvalue weighted by atomic mass is 10.1. The van der Waals surface area contributed by atoms with Gasteiger partial charge in [0.25, 0.3) is 0 Å². The molecule has 0 spiro atoms. The zero-order valence-corrected chi connectivity index (χ0v) is 8.01. The summed E-state index contributed by atoms with van der Waals surface area (Å²) in [6.45, 7) is 0. The van der Waals surface area contributed by atoms with Crippen LogP contribution in [0.25, 0.3) is 0 Å². The van der Waals surface area contributed by atoms with Crippen molar-refractivity contribution in [2.24, 2.45) is 0 Å². The molecule has 4 heteroatoms. The SMILES string of the molecule is C[N+]1([O-])C(=O)CC[C@H]1c1cccnc1. The first kappa shape index (κ1) is 9.30. The van der Waals surface area contributed by atoms with Crippen LogP contribution in [0.1, 0.15) is 24.4 Å². The third-order valence-electron chi connectivity index (χ3n) is 2.79. The fraction of sp³-hybridized carbons (Fsp3) is 0.400. The van der Waals surface area contributed by atoms with Gasteiger partial charge in [0, 0.05) is 24.4 Å². The molecule has 1 aliphatic rings. The molecular formula is C10H12N2O2. The summed E-state index contributed by atoms with van der Waals surface area (Å²) in [7, 11) is 1.42. The van der Waals surface area contributed by atoms with Crippen LogP contribution in [0.3, 0.4) is 0 Å². The molecule has 1 unspecified atom stereocenters. The molecule has 1 fully saturated rings. The molecule has 2 atom stereocenters. The fourth-order valence-corrected chi connectivity index (χ4v) is 1.93. The van der Waals surface area contributed by atoms with Crippen LogP contribution >= 0.6 is 0 Å². The van der Waals surface area contributed by atoms with Crippen LogP contribution in [0.4, 0.5) is 0 Å². The first-order valence-corrected chi connectivity index (χ1v) is 4.63. The summed E-state index contributed by atoms with van der Waals surface area (Å²) in [4.78, 5) is 15.3. The zero-order chi connectivity index (χ0) is 10.2. The highest BCUT2D eigenvalue weighted by Gasteiger charge is 2.40. The van der Waals surface area contributed by atoms with E-state index in [9.17, 15) is 10.0 Å². The monoisotopic (exact) mass is 192 g/mol. The minimum Gasteiger partial charge on any atom is -0.625 e. The maximum atomic E-state index is 11.9. The Morgan fingerprint density at radius 3 is 2.93 bits per heavy atom. The second-order valence-electron chi connectivity index (χ2n) is 3.72. The van der Waals surface area contributed by atoms with Crippen LogP contribution in [-0.4, -0.2) is 22.6 Å². The number of hydrogen-bond acceptors (Lipinski definition) is 3. The lowest BCUT2D eigenvalue weighted by molar-refractivity contribution is -0.807. The number of rotatable bonds is 1. The van der Waals surface area contributed by atoms with E-state index in [1.54, 1.807) is 18.5 Å². The molecule has 1 saturated heterocycles. The van der Waals surface area contributed by atoms with E-state index >= 15 is 0 Å². The smallest absolute Gasteiger partial charge is 0.314 e. The van der Waals surface area contributed by atoms with Crippen LogP contribution in [0.15, 0.2) is 24.5 Å². The number of hydroxylamine groups is 3. The molecule has 4 nitrogen and oxygen atoms in total. The third-order valence-corrected chi connectivity index (χ3v) is 2.79. The molecule has 2 heterocycles. The summed E-state index contributed by atoms with van der Waals surface area (Å²) < 4.78 is -0.786. The van der Waals surface area contributed by atoms with E-state index in [1.165, 1.54) is 7.05 Å². The van der Waals surface area contributed by atoms with Gasteiger partial charge in [0.1, 0.15) is 6.04 Å². The molecule has 0 bridgehead atoms. The van der Waals surface area contributed by atoms with Crippen molar-refractivity contribution in [3.05, 3.63) is 35.3 Å². The number of amides is 1. The van der Waals surface area contributed by atoms with Crippen LogP contribution in [0, 0.1) is 5.21 Å². The number of pyridine rings is 1. The Bertz CT molecular complexity index is 348. The summed E-state index contributed by atoms with van der Waals surface area (Å²) >= 11 is 0. The van der Waals surface area contributed by atoms with Gasteiger partial charge >= 0.3 is 5.91 Å². The molecule has 0 radical (unpaired) electrons. The average molecular weight is 192 g/mol. The maximum Gasteiger partial charge on any atom is 0.314 e. The van der Waals surface area contributed by atoms with Crippen LogP contribution in [0.2, 0.25) is 0 Å². The van der Waals surface area contributed by atoms with E-state index < -0.39 is 4.65 Å². The van der Waals surface area contributed by atoms with Gasteiger partial charge in [-0.3, -0.25) is 9.63 Å². The molecule has 1 aromatic heterocycles. The molecule has 0 N–H and O–H groups in total. The Labute approximate surface area is 82.3 Å². The maximum absolute atomic E-state index is 11.9. The van der Waals surface area contributed by atoms with Crippen molar-refractivity contribution in [3.63, 3.8) is 0 Å². The van der Waals surface area contributed by atoms with Crippen molar-refractivity contribution in [1.29, 1.82) is 0 Å². The van der Waals surface area contributed by atoms with Crippen LogP contribution in [0.5, 0.6) is 0 Å². The summed E-state index contributed by atoms with van der Waals surface area (Å²) in [5, 5.41) is 11.9. The van der Waals surface area contributed by atoms with Crippen molar-refractivity contribution in [2.45, 2.75) is 18.9 Å². The molecule has 1 aromatic rings. The van der Waals surface area contributed by atoms with Crippen molar-refractivity contribution in [3.8, 4) is 0 Å². The summed E-state index contributed by atoms with van der Waals surface area (Å²) in [5.74, 6) is -0.237. The molecule has 0 saturated carbocycles. The number of hydrogen-bond donors (Lipinski definition) is 0. The van der Waals surface area contributed by atoms with Crippen molar-refractivity contribution >= 4 is 5.91 Å². The van der Waals surface area contributed by atoms with Crippen molar-refractivity contribution in [1.82, 2.24) is 4.98 Å². The Hall–Kier alpha value is -1.26. The number of nitrogens with zero attached hydrogens (tertiary/aromatic N) is 2. The van der Waals surface area contributed by atoms with Crippen molar-refractivity contribution < 1.29 is 9.44 Å². The molecule has 74 valence electrons. The number of carbonyl (C=O) groups excluding carboxylic acids is 1. The molecule has 0 aromatic carbocycles. The highest BCUT2D eigenvalue weighted by atomic mass is 16.6. The van der Waals surface area contributed by atoms with E-state index in [-0.39, 0.29) is 11.9 Å². The Morgan fingerprint density at radius 1 is 1.64 bits per heavy atom. The van der Waals surface area contributed by atoms with E-state index in [0.29, 0.717) is 12.8 Å². The minimum atomic E-state index is -0.786. The summed E-state index contributed by atoms with van der Waals surface area (Å²) in [6, 6.07) is 3.37. The highest BCUT2D eigenvalue weighted by Crippen LogP contribution is 2.36. The van der Waals surface area contributed by atoms with Gasteiger partial charge in [-0.1, -0.05) is 0 Å². The Balaban J connectivity index is 2.33. The van der Waals surface area contributed by atoms with Gasteiger partial charge in [-0.25, -0.2) is 4.79 Å². The predicted molar refractivity (Wildman–Crippen MR) is 50.8 cm³/mol. The predicted octanol–water partition coefficient (Wildman–Crippen LogP) is 1.39. The summed E-state index contributed by atoms with van der Waals surface area (Å²) in [6.07, 6.45) is 4.33. The number of quaternary nitrogens is 1. The minimum absolute atomic E-state index is 0.237. The first-order valence-electron chi connectivity index (χ1n) is 4.63. The van der Waals surface area contributed by atoms with Gasteiger partial charge in [-0.15, -0.1) is 0 Å². The largest absolute Gasteiger partial charge is 0.625 e. The lowest BCUT2D eigenvalue weighted by Crippen LogP contribution is -2.40. The average Bonchev–Trinajstić information content (AvgIpc) is 2.44. The fourth-order valence-electron chi connectivity index (χ4n) is 1.93. The Kier molecular flexibility index (Phi) is 2.09. The van der Waals surface area contributed by atoms with E-state index in [0.717, 1.165) is 5.56 Å². The topological polar surface area (TPSA) is 53.0 Å². The van der Waals surface area contributed by atoms with Gasteiger partial charge in [0.2, 0.25) is 0 Å². The number of likely N-dealkylation sites (tertiary alicyclic amines) is 1. The van der Waals surface area contributed by atoms with Gasteiger partial charge in [-0.05, 0) is 12.1 Å². The molecular weight excluding hydrogens is 180 g/mol. The standard InChI is InChI=1S/C10H12N2O2/c1-12(14)9(4-5-10(12)13)8-3-2-6-11-7-8/h2-3,6-7,9H,4-5H2,1H3/t9-,12?/m0/s1. The third kappa shape index (κ3) is 1.32. The van der Waals surface area contributed by atoms with Crippen molar-refractivity contribution in [2.75, 3.05) is 7.05 Å². The quantitative estimate of drug-likeness (QED) is 0.499. The van der Waals surface area contributed by atoms with Gasteiger partial charge in [-0.2, -0.15) is 0 Å². The lowest BCUT2D eigenvalue weighted by Gasteiger charge is -2.37. The molecule has 14 heavy (non-hydrogen) atoms.